The van der Waals surface area contributed by atoms with Crippen molar-refractivity contribution in [1.82, 2.24) is 15.1 Å². The molecule has 0 N–H and O–H groups in total. The molecule has 0 aliphatic carbocycles. The van der Waals surface area contributed by atoms with Gasteiger partial charge in [-0.1, -0.05) is 22.8 Å². The normalized spacial score (nSPS) is 10.4. The van der Waals surface area contributed by atoms with Crippen LogP contribution in [0.1, 0.15) is 16.4 Å². The van der Waals surface area contributed by atoms with Crippen LogP contribution in [0.5, 0.6) is 0 Å². The van der Waals surface area contributed by atoms with Gasteiger partial charge in [0.15, 0.2) is 6.61 Å². The first kappa shape index (κ1) is 14.2. The lowest BCUT2D eigenvalue weighted by atomic mass is 10.2. The van der Waals surface area contributed by atoms with E-state index < -0.39 is 5.97 Å². The van der Waals surface area contributed by atoms with Gasteiger partial charge in [-0.25, -0.2) is 9.78 Å². The molecule has 110 valence electrons. The van der Waals surface area contributed by atoms with Gasteiger partial charge in [0.1, 0.15) is 5.69 Å². The Morgan fingerprint density at radius 3 is 2.73 bits per heavy atom. The first-order valence-electron chi connectivity index (χ1n) is 6.39. The third kappa shape index (κ3) is 3.29. The SMILES string of the molecule is O=C(OCc1nc(-c2ccc(Cl)cc2)no1)c1ccccn1. The minimum atomic E-state index is -0.549. The minimum absolute atomic E-state index is 0.115. The van der Waals surface area contributed by atoms with Crippen molar-refractivity contribution in [2.24, 2.45) is 0 Å². The molecule has 0 spiro atoms. The molecule has 2 heterocycles. The third-order valence-electron chi connectivity index (χ3n) is 2.77. The summed E-state index contributed by atoms with van der Waals surface area (Å²) in [6, 6.07) is 12.0. The predicted octanol–water partition coefficient (Wildman–Crippen LogP) is 3.14. The van der Waals surface area contributed by atoms with Crippen molar-refractivity contribution in [1.29, 1.82) is 0 Å². The highest BCUT2D eigenvalue weighted by atomic mass is 35.5. The van der Waals surface area contributed by atoms with E-state index in [0.717, 1.165) is 5.56 Å². The van der Waals surface area contributed by atoms with E-state index in [1.54, 1.807) is 42.5 Å². The molecule has 6 nitrogen and oxygen atoms in total. The Morgan fingerprint density at radius 2 is 2.00 bits per heavy atom. The Morgan fingerprint density at radius 1 is 1.18 bits per heavy atom. The second kappa shape index (κ2) is 6.36. The Kier molecular flexibility index (Phi) is 4.11. The number of aromatic nitrogens is 3. The number of carbonyl (C=O) groups excluding carboxylic acids is 1. The molecule has 3 aromatic rings. The van der Waals surface area contributed by atoms with Gasteiger partial charge in [0.25, 0.3) is 5.89 Å². The molecule has 3 rings (SSSR count). The second-order valence-electron chi connectivity index (χ2n) is 4.31. The van der Waals surface area contributed by atoms with Gasteiger partial charge in [-0.2, -0.15) is 4.98 Å². The number of rotatable bonds is 4. The molecule has 0 bridgehead atoms. The number of pyridine rings is 1. The van der Waals surface area contributed by atoms with Crippen molar-refractivity contribution in [3.05, 3.63) is 65.3 Å². The van der Waals surface area contributed by atoms with Crippen LogP contribution in [0.4, 0.5) is 0 Å². The van der Waals surface area contributed by atoms with E-state index >= 15 is 0 Å². The molecular weight excluding hydrogens is 306 g/mol. The fraction of sp³-hybridized carbons (Fsp3) is 0.0667. The summed E-state index contributed by atoms with van der Waals surface area (Å²) in [6.45, 7) is -0.115. The largest absolute Gasteiger partial charge is 0.451 e. The maximum absolute atomic E-state index is 11.7. The Labute approximate surface area is 130 Å². The van der Waals surface area contributed by atoms with Crippen molar-refractivity contribution in [2.75, 3.05) is 0 Å². The standard InChI is InChI=1S/C15H10ClN3O3/c16-11-6-4-10(5-7-11)14-18-13(22-19-14)9-21-15(20)12-3-1-2-8-17-12/h1-8H,9H2. The van der Waals surface area contributed by atoms with Gasteiger partial charge in [0.2, 0.25) is 5.82 Å². The number of halogens is 1. The summed E-state index contributed by atoms with van der Waals surface area (Å²) in [6.07, 6.45) is 1.52. The first-order valence-corrected chi connectivity index (χ1v) is 6.77. The smallest absolute Gasteiger partial charge is 0.357 e. The maximum Gasteiger partial charge on any atom is 0.357 e. The summed E-state index contributed by atoms with van der Waals surface area (Å²) in [5.74, 6) is 0.0571. The highest BCUT2D eigenvalue weighted by Crippen LogP contribution is 2.18. The molecule has 7 heteroatoms. The highest BCUT2D eigenvalue weighted by molar-refractivity contribution is 6.30. The van der Waals surface area contributed by atoms with Gasteiger partial charge in [-0.15, -0.1) is 0 Å². The summed E-state index contributed by atoms with van der Waals surface area (Å²) in [7, 11) is 0. The van der Waals surface area contributed by atoms with Crippen LogP contribution in [-0.4, -0.2) is 21.1 Å². The summed E-state index contributed by atoms with van der Waals surface area (Å²) in [5, 5.41) is 4.45. The molecule has 1 aromatic carbocycles. The molecule has 0 atom stereocenters. The van der Waals surface area contributed by atoms with Crippen LogP contribution in [0.25, 0.3) is 11.4 Å². The number of carbonyl (C=O) groups is 1. The van der Waals surface area contributed by atoms with Crippen molar-refractivity contribution >= 4 is 17.6 Å². The Bertz CT molecular complexity index is 772. The number of esters is 1. The molecule has 0 saturated heterocycles. The van der Waals surface area contributed by atoms with E-state index in [9.17, 15) is 4.79 Å². The molecule has 22 heavy (non-hydrogen) atoms. The van der Waals surface area contributed by atoms with E-state index in [-0.39, 0.29) is 18.2 Å². The molecule has 0 fully saturated rings. The molecule has 0 unspecified atom stereocenters. The van der Waals surface area contributed by atoms with E-state index in [1.165, 1.54) is 6.20 Å². The van der Waals surface area contributed by atoms with Crippen molar-refractivity contribution in [3.8, 4) is 11.4 Å². The van der Waals surface area contributed by atoms with Gasteiger partial charge in [-0.05, 0) is 36.4 Å². The molecule has 0 aliphatic heterocycles. The summed E-state index contributed by atoms with van der Waals surface area (Å²) < 4.78 is 10.1. The Hall–Kier alpha value is -2.73. The van der Waals surface area contributed by atoms with Crippen LogP contribution in [0, 0.1) is 0 Å². The highest BCUT2D eigenvalue weighted by Gasteiger charge is 2.13. The van der Waals surface area contributed by atoms with Gasteiger partial charge < -0.3 is 9.26 Å². The molecule has 0 saturated carbocycles. The lowest BCUT2D eigenvalue weighted by molar-refractivity contribution is 0.0423. The lowest BCUT2D eigenvalue weighted by Gasteiger charge is -1.99. The predicted molar refractivity (Wildman–Crippen MR) is 78.1 cm³/mol. The number of benzene rings is 1. The fourth-order valence-electron chi connectivity index (χ4n) is 1.71. The van der Waals surface area contributed by atoms with E-state index in [0.29, 0.717) is 10.8 Å². The van der Waals surface area contributed by atoms with Crippen LogP contribution < -0.4 is 0 Å². The average molecular weight is 316 g/mol. The van der Waals surface area contributed by atoms with Gasteiger partial charge in [0.05, 0.1) is 0 Å². The molecular formula is C15H10ClN3O3. The zero-order valence-corrected chi connectivity index (χ0v) is 12.0. The summed E-state index contributed by atoms with van der Waals surface area (Å²) >= 11 is 5.82. The second-order valence-corrected chi connectivity index (χ2v) is 4.75. The summed E-state index contributed by atoms with van der Waals surface area (Å²) in [4.78, 5) is 19.8. The summed E-state index contributed by atoms with van der Waals surface area (Å²) in [5.41, 5.74) is 0.982. The zero-order valence-electron chi connectivity index (χ0n) is 11.3. The van der Waals surface area contributed by atoms with Crippen LogP contribution in [0.3, 0.4) is 0 Å². The van der Waals surface area contributed by atoms with E-state index in [1.807, 2.05) is 0 Å². The van der Waals surface area contributed by atoms with Gasteiger partial charge in [0, 0.05) is 16.8 Å². The molecule has 0 aliphatic rings. The van der Waals surface area contributed by atoms with Crippen molar-refractivity contribution in [3.63, 3.8) is 0 Å². The van der Waals surface area contributed by atoms with Crippen LogP contribution in [0.2, 0.25) is 5.02 Å². The number of ether oxygens (including phenoxy) is 1. The van der Waals surface area contributed by atoms with Crippen molar-refractivity contribution < 1.29 is 14.1 Å². The van der Waals surface area contributed by atoms with Crippen molar-refractivity contribution in [2.45, 2.75) is 6.61 Å². The first-order chi connectivity index (χ1) is 10.7. The molecule has 2 aromatic heterocycles. The lowest BCUT2D eigenvalue weighted by Crippen LogP contribution is -2.07. The van der Waals surface area contributed by atoms with Crippen LogP contribution >= 0.6 is 11.6 Å². The zero-order chi connectivity index (χ0) is 15.4. The van der Waals surface area contributed by atoms with E-state index in [2.05, 4.69) is 15.1 Å². The minimum Gasteiger partial charge on any atom is -0.451 e. The van der Waals surface area contributed by atoms with Crippen LogP contribution in [-0.2, 0) is 11.3 Å². The number of hydrogen-bond acceptors (Lipinski definition) is 6. The van der Waals surface area contributed by atoms with E-state index in [4.69, 9.17) is 20.9 Å². The fourth-order valence-corrected chi connectivity index (χ4v) is 1.84. The topological polar surface area (TPSA) is 78.1 Å². The van der Waals surface area contributed by atoms with Gasteiger partial charge >= 0.3 is 5.97 Å². The van der Waals surface area contributed by atoms with Crippen LogP contribution in [0.15, 0.2) is 53.2 Å². The third-order valence-corrected chi connectivity index (χ3v) is 3.02. The Balaban J connectivity index is 1.65. The molecule has 0 radical (unpaired) electrons. The molecule has 0 amide bonds. The quantitative estimate of drug-likeness (QED) is 0.688. The number of nitrogens with zero attached hydrogens (tertiary/aromatic N) is 3. The average Bonchev–Trinajstić information content (AvgIpc) is 3.03. The monoisotopic (exact) mass is 315 g/mol. The van der Waals surface area contributed by atoms with Gasteiger partial charge in [-0.3, -0.25) is 0 Å². The number of hydrogen-bond donors (Lipinski definition) is 0. The maximum atomic E-state index is 11.7.